The van der Waals surface area contributed by atoms with Crippen molar-refractivity contribution in [1.29, 1.82) is 0 Å². The van der Waals surface area contributed by atoms with Crippen molar-refractivity contribution in [2.75, 3.05) is 7.11 Å². The van der Waals surface area contributed by atoms with Crippen molar-refractivity contribution >= 4 is 23.6 Å². The van der Waals surface area contributed by atoms with Crippen LogP contribution in [-0.2, 0) is 11.3 Å². The average molecular weight is 408 g/mol. The van der Waals surface area contributed by atoms with Gasteiger partial charge in [-0.1, -0.05) is 29.8 Å². The van der Waals surface area contributed by atoms with Gasteiger partial charge in [0.2, 0.25) is 5.91 Å². The van der Waals surface area contributed by atoms with E-state index in [9.17, 15) is 13.6 Å². The smallest absolute Gasteiger partial charge is 0.387 e. The summed E-state index contributed by atoms with van der Waals surface area (Å²) in [5.41, 5.74) is 1.61. The molecule has 0 spiro atoms. The highest BCUT2D eigenvalue weighted by atomic mass is 35.5. The molecule has 0 aliphatic heterocycles. The molecule has 0 unspecified atom stereocenters. The number of rotatable bonds is 8. The number of alkyl halides is 2. The molecule has 0 aromatic heterocycles. The lowest BCUT2D eigenvalue weighted by Gasteiger charge is -2.21. The molecule has 1 saturated carbocycles. The molecular formula is C21H20ClF2NO3. The summed E-state index contributed by atoms with van der Waals surface area (Å²) in [4.78, 5) is 14.5. The van der Waals surface area contributed by atoms with Crippen LogP contribution in [0.3, 0.4) is 0 Å². The van der Waals surface area contributed by atoms with E-state index in [0.29, 0.717) is 11.6 Å². The largest absolute Gasteiger partial charge is 0.493 e. The predicted octanol–water partition coefficient (Wildman–Crippen LogP) is 5.15. The Morgan fingerprint density at radius 1 is 1.25 bits per heavy atom. The van der Waals surface area contributed by atoms with Gasteiger partial charge in [-0.2, -0.15) is 8.78 Å². The van der Waals surface area contributed by atoms with Crippen LogP contribution in [0.2, 0.25) is 5.02 Å². The second-order valence-corrected chi connectivity index (χ2v) is 6.89. The Bertz CT molecular complexity index is 868. The lowest BCUT2D eigenvalue weighted by atomic mass is 10.1. The van der Waals surface area contributed by atoms with Crippen molar-refractivity contribution in [2.45, 2.75) is 32.0 Å². The Labute approximate surface area is 167 Å². The minimum absolute atomic E-state index is 0.0357. The summed E-state index contributed by atoms with van der Waals surface area (Å²) in [6.07, 6.45) is 5.14. The van der Waals surface area contributed by atoms with E-state index in [1.165, 1.54) is 19.3 Å². The van der Waals surface area contributed by atoms with Crippen molar-refractivity contribution < 1.29 is 23.0 Å². The van der Waals surface area contributed by atoms with E-state index in [1.54, 1.807) is 35.2 Å². The second-order valence-electron chi connectivity index (χ2n) is 6.45. The van der Waals surface area contributed by atoms with Gasteiger partial charge in [0.25, 0.3) is 0 Å². The molecule has 3 rings (SSSR count). The van der Waals surface area contributed by atoms with E-state index in [2.05, 4.69) is 4.74 Å². The zero-order valence-corrected chi connectivity index (χ0v) is 16.0. The van der Waals surface area contributed by atoms with Gasteiger partial charge in [0.05, 0.1) is 7.11 Å². The first-order valence-corrected chi connectivity index (χ1v) is 9.20. The van der Waals surface area contributed by atoms with Crippen LogP contribution in [0, 0.1) is 0 Å². The third-order valence-electron chi connectivity index (χ3n) is 4.33. The number of nitrogens with zero attached hydrogens (tertiary/aromatic N) is 1. The average Bonchev–Trinajstić information content (AvgIpc) is 3.50. The van der Waals surface area contributed by atoms with Crippen molar-refractivity contribution in [3.63, 3.8) is 0 Å². The standard InChI is InChI=1S/C21H20ClF2NO3/c1-27-19-12-15(5-9-18(19)28-21(23)24)13-25(17-7-8-17)20(26)10-6-14-3-2-4-16(22)11-14/h2-6,9-12,17,21H,7-8,13H2,1H3/b10-6+. The molecule has 28 heavy (non-hydrogen) atoms. The van der Waals surface area contributed by atoms with Crippen LogP contribution in [0.4, 0.5) is 8.78 Å². The van der Waals surface area contributed by atoms with Crippen LogP contribution in [0.15, 0.2) is 48.5 Å². The van der Waals surface area contributed by atoms with Crippen LogP contribution < -0.4 is 9.47 Å². The summed E-state index contributed by atoms with van der Waals surface area (Å²) >= 11 is 5.97. The number of hydrogen-bond acceptors (Lipinski definition) is 3. The lowest BCUT2D eigenvalue weighted by molar-refractivity contribution is -0.127. The summed E-state index contributed by atoms with van der Waals surface area (Å²) in [5, 5.41) is 0.604. The fraction of sp³-hybridized carbons (Fsp3) is 0.286. The van der Waals surface area contributed by atoms with Crippen molar-refractivity contribution in [3.8, 4) is 11.5 Å². The maximum Gasteiger partial charge on any atom is 0.387 e. The first-order chi connectivity index (χ1) is 13.5. The summed E-state index contributed by atoms with van der Waals surface area (Å²) in [6, 6.07) is 12.1. The molecule has 0 N–H and O–H groups in total. The van der Waals surface area contributed by atoms with E-state index < -0.39 is 6.61 Å². The third-order valence-corrected chi connectivity index (χ3v) is 4.57. The molecule has 148 valence electrons. The molecule has 2 aromatic carbocycles. The predicted molar refractivity (Wildman–Crippen MR) is 104 cm³/mol. The molecule has 0 saturated heterocycles. The third kappa shape index (κ3) is 5.45. The van der Waals surface area contributed by atoms with Crippen LogP contribution in [0.25, 0.3) is 6.08 Å². The van der Waals surface area contributed by atoms with Crippen molar-refractivity contribution in [2.24, 2.45) is 0 Å². The summed E-state index contributed by atoms with van der Waals surface area (Å²) < 4.78 is 34.5. The molecule has 0 bridgehead atoms. The van der Waals surface area contributed by atoms with Gasteiger partial charge in [-0.05, 0) is 54.3 Å². The number of carbonyl (C=O) groups excluding carboxylic acids is 1. The zero-order valence-electron chi connectivity index (χ0n) is 15.3. The van der Waals surface area contributed by atoms with E-state index >= 15 is 0 Å². The van der Waals surface area contributed by atoms with E-state index in [0.717, 1.165) is 24.0 Å². The first-order valence-electron chi connectivity index (χ1n) is 8.82. The normalized spacial score (nSPS) is 13.8. The van der Waals surface area contributed by atoms with Gasteiger partial charge >= 0.3 is 6.61 Å². The minimum atomic E-state index is -2.93. The van der Waals surface area contributed by atoms with Gasteiger partial charge in [-0.15, -0.1) is 0 Å². The minimum Gasteiger partial charge on any atom is -0.493 e. The highest BCUT2D eigenvalue weighted by Gasteiger charge is 2.31. The maximum atomic E-state index is 12.7. The zero-order chi connectivity index (χ0) is 20.1. The van der Waals surface area contributed by atoms with Gasteiger partial charge in [0.1, 0.15) is 0 Å². The summed E-state index contributed by atoms with van der Waals surface area (Å²) in [6.45, 7) is -2.57. The number of halogens is 3. The first kappa shape index (κ1) is 20.1. The molecule has 0 radical (unpaired) electrons. The Kier molecular flexibility index (Phi) is 6.52. The summed E-state index contributed by atoms with van der Waals surface area (Å²) in [5.74, 6) is 0.0521. The SMILES string of the molecule is COc1cc(CN(C(=O)/C=C/c2cccc(Cl)c2)C2CC2)ccc1OC(F)F. The molecule has 2 aromatic rings. The number of ether oxygens (including phenoxy) is 2. The van der Waals surface area contributed by atoms with Crippen molar-refractivity contribution in [1.82, 2.24) is 4.90 Å². The number of benzene rings is 2. The molecule has 0 atom stereocenters. The monoisotopic (exact) mass is 407 g/mol. The van der Waals surface area contributed by atoms with Crippen LogP contribution in [0.5, 0.6) is 11.5 Å². The van der Waals surface area contributed by atoms with Gasteiger partial charge in [0, 0.05) is 23.7 Å². The van der Waals surface area contributed by atoms with Crippen LogP contribution in [0.1, 0.15) is 24.0 Å². The number of carbonyl (C=O) groups is 1. The molecule has 1 fully saturated rings. The van der Waals surface area contributed by atoms with Crippen LogP contribution in [-0.4, -0.2) is 30.6 Å². The Balaban J connectivity index is 1.73. The molecule has 1 aliphatic rings. The highest BCUT2D eigenvalue weighted by Crippen LogP contribution is 2.33. The number of hydrogen-bond donors (Lipinski definition) is 0. The Morgan fingerprint density at radius 3 is 2.68 bits per heavy atom. The van der Waals surface area contributed by atoms with Crippen LogP contribution >= 0.6 is 11.6 Å². The fourth-order valence-electron chi connectivity index (χ4n) is 2.85. The van der Waals surface area contributed by atoms with Gasteiger partial charge in [-0.25, -0.2) is 0 Å². The molecule has 1 amide bonds. The second kappa shape index (κ2) is 9.06. The molecular weight excluding hydrogens is 388 g/mol. The van der Waals surface area contributed by atoms with Gasteiger partial charge < -0.3 is 14.4 Å². The Morgan fingerprint density at radius 2 is 2.04 bits per heavy atom. The molecule has 4 nitrogen and oxygen atoms in total. The van der Waals surface area contributed by atoms with Gasteiger partial charge in [-0.3, -0.25) is 4.79 Å². The summed E-state index contributed by atoms with van der Waals surface area (Å²) in [7, 11) is 1.38. The van der Waals surface area contributed by atoms with E-state index in [4.69, 9.17) is 16.3 Å². The van der Waals surface area contributed by atoms with E-state index in [-0.39, 0.29) is 23.4 Å². The lowest BCUT2D eigenvalue weighted by Crippen LogP contribution is -2.31. The number of amides is 1. The maximum absolute atomic E-state index is 12.7. The molecule has 0 heterocycles. The van der Waals surface area contributed by atoms with E-state index in [1.807, 2.05) is 12.1 Å². The Hall–Kier alpha value is -2.60. The molecule has 7 heteroatoms. The highest BCUT2D eigenvalue weighted by molar-refractivity contribution is 6.30. The quantitative estimate of drug-likeness (QED) is 0.568. The topological polar surface area (TPSA) is 38.8 Å². The number of methoxy groups -OCH3 is 1. The van der Waals surface area contributed by atoms with Gasteiger partial charge in [0.15, 0.2) is 11.5 Å². The molecule has 1 aliphatic carbocycles. The fourth-order valence-corrected chi connectivity index (χ4v) is 3.05. The van der Waals surface area contributed by atoms with Crippen molar-refractivity contribution in [3.05, 3.63) is 64.7 Å².